The van der Waals surface area contributed by atoms with Crippen LogP contribution in [0.5, 0.6) is 0 Å². The van der Waals surface area contributed by atoms with E-state index in [1.54, 1.807) is 0 Å². The summed E-state index contributed by atoms with van der Waals surface area (Å²) < 4.78 is 58.3. The Bertz CT molecular complexity index is 314. The summed E-state index contributed by atoms with van der Waals surface area (Å²) in [6.45, 7) is -0.265. The van der Waals surface area contributed by atoms with Crippen molar-refractivity contribution in [2.45, 2.75) is 30.9 Å². The predicted octanol–water partition coefficient (Wildman–Crippen LogP) is 0.587. The third-order valence-corrected chi connectivity index (χ3v) is 3.54. The molecule has 2 atom stereocenters. The van der Waals surface area contributed by atoms with Crippen LogP contribution in [0.2, 0.25) is 0 Å². The molecule has 15 heavy (non-hydrogen) atoms. The van der Waals surface area contributed by atoms with Gasteiger partial charge in [0.2, 0.25) is 0 Å². The van der Waals surface area contributed by atoms with E-state index in [0.29, 0.717) is 19.3 Å². The van der Waals surface area contributed by atoms with Gasteiger partial charge in [0.25, 0.3) is 0 Å². The highest BCUT2D eigenvalue weighted by atomic mass is 32.2. The molecule has 1 aliphatic rings. The van der Waals surface area contributed by atoms with Crippen LogP contribution in [0.3, 0.4) is 0 Å². The standard InChI is InChI=1S/C7H12F3NO3S/c8-7(9,10)15(13,14)11-4-5-1-2-6(12)3-5/h5-6,11-12H,1-4H2. The van der Waals surface area contributed by atoms with Crippen LogP contribution < -0.4 is 4.72 Å². The van der Waals surface area contributed by atoms with Crippen LogP contribution in [0.25, 0.3) is 0 Å². The van der Waals surface area contributed by atoms with E-state index in [1.165, 1.54) is 4.72 Å². The van der Waals surface area contributed by atoms with E-state index in [9.17, 15) is 21.6 Å². The van der Waals surface area contributed by atoms with Crippen molar-refractivity contribution < 1.29 is 26.7 Å². The summed E-state index contributed by atoms with van der Waals surface area (Å²) in [5.41, 5.74) is -5.26. The Balaban J connectivity index is 2.44. The van der Waals surface area contributed by atoms with Crippen molar-refractivity contribution >= 4 is 10.0 Å². The number of hydrogen-bond donors (Lipinski definition) is 2. The lowest BCUT2D eigenvalue weighted by Crippen LogP contribution is -2.38. The second-order valence-electron chi connectivity index (χ2n) is 3.63. The maximum absolute atomic E-state index is 11.9. The molecule has 0 aromatic heterocycles. The summed E-state index contributed by atoms with van der Waals surface area (Å²) in [6.07, 6.45) is 0.880. The average Bonchev–Trinajstić information content (AvgIpc) is 2.46. The van der Waals surface area contributed by atoms with Crippen molar-refractivity contribution in [1.82, 2.24) is 4.72 Å². The molecule has 2 unspecified atom stereocenters. The lowest BCUT2D eigenvalue weighted by molar-refractivity contribution is -0.0448. The van der Waals surface area contributed by atoms with Gasteiger partial charge in [0.05, 0.1) is 6.10 Å². The van der Waals surface area contributed by atoms with Gasteiger partial charge >= 0.3 is 15.5 Å². The number of rotatable bonds is 3. The molecule has 2 N–H and O–H groups in total. The molecular formula is C7H12F3NO3S. The first-order chi connectivity index (χ1) is 6.72. The third kappa shape index (κ3) is 3.32. The molecule has 0 heterocycles. The lowest BCUT2D eigenvalue weighted by Gasteiger charge is -2.12. The number of nitrogens with one attached hydrogen (secondary N) is 1. The summed E-state index contributed by atoms with van der Waals surface area (Å²) in [7, 11) is -5.23. The number of alkyl halides is 3. The van der Waals surface area contributed by atoms with Gasteiger partial charge in [-0.2, -0.15) is 13.2 Å². The van der Waals surface area contributed by atoms with Gasteiger partial charge in [0.15, 0.2) is 0 Å². The quantitative estimate of drug-likeness (QED) is 0.767. The smallest absolute Gasteiger partial charge is 0.393 e. The molecule has 0 radical (unpaired) electrons. The van der Waals surface area contributed by atoms with Crippen LogP contribution in [0.1, 0.15) is 19.3 Å². The molecule has 0 aromatic rings. The highest BCUT2D eigenvalue weighted by Crippen LogP contribution is 2.26. The molecule has 1 fully saturated rings. The Morgan fingerprint density at radius 2 is 1.93 bits per heavy atom. The molecule has 90 valence electrons. The van der Waals surface area contributed by atoms with Crippen LogP contribution in [-0.4, -0.2) is 31.7 Å². The lowest BCUT2D eigenvalue weighted by atomic mass is 10.1. The molecule has 1 aliphatic carbocycles. The Hall–Kier alpha value is -0.340. The molecule has 0 aromatic carbocycles. The summed E-state index contributed by atoms with van der Waals surface area (Å²) in [4.78, 5) is 0. The van der Waals surface area contributed by atoms with Crippen LogP contribution >= 0.6 is 0 Å². The molecule has 0 aliphatic heterocycles. The minimum Gasteiger partial charge on any atom is -0.393 e. The number of hydrogen-bond acceptors (Lipinski definition) is 3. The third-order valence-electron chi connectivity index (χ3n) is 2.38. The molecule has 4 nitrogen and oxygen atoms in total. The fourth-order valence-corrected chi connectivity index (χ4v) is 2.16. The Morgan fingerprint density at radius 1 is 1.33 bits per heavy atom. The largest absolute Gasteiger partial charge is 0.511 e. The van der Waals surface area contributed by atoms with E-state index in [4.69, 9.17) is 5.11 Å². The molecule has 0 saturated heterocycles. The van der Waals surface area contributed by atoms with Crippen LogP contribution in [0.4, 0.5) is 13.2 Å². The van der Waals surface area contributed by atoms with E-state index in [2.05, 4.69) is 0 Å². The van der Waals surface area contributed by atoms with E-state index < -0.39 is 21.6 Å². The van der Waals surface area contributed by atoms with Gasteiger partial charge in [-0.05, 0) is 25.2 Å². The van der Waals surface area contributed by atoms with Crippen molar-refractivity contribution in [3.05, 3.63) is 0 Å². The summed E-state index contributed by atoms with van der Waals surface area (Å²) in [5, 5.41) is 9.09. The van der Waals surface area contributed by atoms with Crippen LogP contribution in [0, 0.1) is 5.92 Å². The molecule has 1 rings (SSSR count). The average molecular weight is 247 g/mol. The minimum absolute atomic E-state index is 0.211. The summed E-state index contributed by atoms with van der Waals surface area (Å²) >= 11 is 0. The molecule has 1 saturated carbocycles. The minimum atomic E-state index is -5.26. The van der Waals surface area contributed by atoms with E-state index in [-0.39, 0.29) is 12.5 Å². The van der Waals surface area contributed by atoms with Crippen molar-refractivity contribution in [2.75, 3.05) is 6.54 Å². The van der Waals surface area contributed by atoms with Gasteiger partial charge in [-0.1, -0.05) is 0 Å². The van der Waals surface area contributed by atoms with Gasteiger partial charge in [0, 0.05) is 6.54 Å². The van der Waals surface area contributed by atoms with Crippen LogP contribution in [0.15, 0.2) is 0 Å². The zero-order valence-electron chi connectivity index (χ0n) is 7.79. The van der Waals surface area contributed by atoms with E-state index >= 15 is 0 Å². The van der Waals surface area contributed by atoms with Crippen molar-refractivity contribution in [3.63, 3.8) is 0 Å². The van der Waals surface area contributed by atoms with Gasteiger partial charge in [-0.25, -0.2) is 13.1 Å². The van der Waals surface area contributed by atoms with Crippen LogP contribution in [-0.2, 0) is 10.0 Å². The number of halogens is 3. The van der Waals surface area contributed by atoms with Crippen molar-refractivity contribution in [2.24, 2.45) is 5.92 Å². The SMILES string of the molecule is O=S(=O)(NCC1CCC(O)C1)C(F)(F)F. The fourth-order valence-electron chi connectivity index (χ4n) is 1.54. The van der Waals surface area contributed by atoms with Gasteiger partial charge in [-0.15, -0.1) is 0 Å². The number of aliphatic hydroxyl groups is 1. The summed E-state index contributed by atoms with van der Waals surface area (Å²) in [5.74, 6) is -0.211. The Kier molecular flexibility index (Phi) is 3.62. The highest BCUT2D eigenvalue weighted by molar-refractivity contribution is 7.90. The first kappa shape index (κ1) is 12.7. The van der Waals surface area contributed by atoms with Gasteiger partial charge in [-0.3, -0.25) is 0 Å². The van der Waals surface area contributed by atoms with Gasteiger partial charge in [0.1, 0.15) is 0 Å². The second kappa shape index (κ2) is 4.26. The molecule has 0 amide bonds. The normalized spacial score (nSPS) is 28.3. The van der Waals surface area contributed by atoms with Crippen molar-refractivity contribution in [1.29, 1.82) is 0 Å². The first-order valence-corrected chi connectivity index (χ1v) is 5.94. The second-order valence-corrected chi connectivity index (χ2v) is 5.39. The zero-order chi connectivity index (χ0) is 11.7. The Morgan fingerprint density at radius 3 is 2.33 bits per heavy atom. The molecule has 8 heteroatoms. The fraction of sp³-hybridized carbons (Fsp3) is 1.00. The Labute approximate surface area is 85.5 Å². The molecular weight excluding hydrogens is 235 g/mol. The monoisotopic (exact) mass is 247 g/mol. The molecule has 0 bridgehead atoms. The summed E-state index contributed by atoms with van der Waals surface area (Å²) in [6, 6.07) is 0. The van der Waals surface area contributed by atoms with E-state index in [0.717, 1.165) is 0 Å². The first-order valence-electron chi connectivity index (χ1n) is 4.46. The maximum atomic E-state index is 11.9. The maximum Gasteiger partial charge on any atom is 0.511 e. The number of aliphatic hydroxyl groups excluding tert-OH is 1. The molecule has 0 spiro atoms. The van der Waals surface area contributed by atoms with Crippen molar-refractivity contribution in [3.8, 4) is 0 Å². The predicted molar refractivity (Wildman–Crippen MR) is 46.3 cm³/mol. The number of sulfonamides is 1. The topological polar surface area (TPSA) is 66.4 Å². The van der Waals surface area contributed by atoms with Gasteiger partial charge < -0.3 is 5.11 Å². The van der Waals surface area contributed by atoms with E-state index in [1.807, 2.05) is 0 Å². The zero-order valence-corrected chi connectivity index (χ0v) is 8.61. The highest BCUT2D eigenvalue weighted by Gasteiger charge is 2.45.